The molecule has 0 saturated carbocycles. The molecule has 2 aliphatic heterocycles. The minimum atomic E-state index is 0.00279. The lowest BCUT2D eigenvalue weighted by Crippen LogP contribution is -2.35. The lowest BCUT2D eigenvalue weighted by molar-refractivity contribution is -0.129. The number of hydrogen-bond donors (Lipinski definition) is 0. The van der Waals surface area contributed by atoms with Gasteiger partial charge in [0.2, 0.25) is 5.91 Å². The summed E-state index contributed by atoms with van der Waals surface area (Å²) in [7, 11) is 1.95. The van der Waals surface area contributed by atoms with Crippen molar-refractivity contribution in [2.75, 3.05) is 19.8 Å². The average molecular weight is 510 g/mol. The number of hydrogen-bond acceptors (Lipinski definition) is 5. The molecular weight excluding hydrogens is 478 g/mol. The lowest BCUT2D eigenvalue weighted by atomic mass is 9.98. The first-order valence-corrected chi connectivity index (χ1v) is 13.1. The Morgan fingerprint density at radius 1 is 1.08 bits per heavy atom. The summed E-state index contributed by atoms with van der Waals surface area (Å²) >= 11 is 0. The first-order valence-electron chi connectivity index (χ1n) is 13.1. The molecule has 0 radical (unpaired) electrons. The molecule has 1 saturated heterocycles. The second-order valence-corrected chi connectivity index (χ2v) is 10.1. The zero-order valence-corrected chi connectivity index (χ0v) is 21.8. The monoisotopic (exact) mass is 509 g/mol. The maximum Gasteiger partial charge on any atom is 0.219 e. The van der Waals surface area contributed by atoms with Crippen molar-refractivity contribution >= 4 is 11.7 Å². The van der Waals surface area contributed by atoms with Crippen molar-refractivity contribution in [1.82, 2.24) is 24.2 Å². The number of imidazole rings is 1. The second-order valence-electron chi connectivity index (χ2n) is 10.1. The standard InChI is InChI=1S/C30H31N5O3/c1-20(36)34-13-11-26-25(18-34)30(32-35(26)24-12-14-38-19-24)23-10-6-9-22(15-23)28(37)16-29-31-17-27(33(29)2)21-7-4-3-5-8-21/h3-10,15,17,24H,11-14,16,18-19H2,1-2H3. The third-order valence-corrected chi connectivity index (χ3v) is 7.71. The van der Waals surface area contributed by atoms with Gasteiger partial charge in [-0.05, 0) is 18.1 Å². The molecule has 0 aliphatic carbocycles. The third kappa shape index (κ3) is 4.45. The first-order chi connectivity index (χ1) is 18.5. The van der Waals surface area contributed by atoms with Crippen LogP contribution in [0.3, 0.4) is 0 Å². The minimum absolute atomic E-state index is 0.00279. The van der Waals surface area contributed by atoms with Gasteiger partial charge in [-0.15, -0.1) is 0 Å². The summed E-state index contributed by atoms with van der Waals surface area (Å²) in [6.45, 7) is 4.21. The maximum absolute atomic E-state index is 13.4. The third-order valence-electron chi connectivity index (χ3n) is 7.71. The number of benzene rings is 2. The summed E-state index contributed by atoms with van der Waals surface area (Å²) in [5, 5.41) is 5.04. The Kier molecular flexibility index (Phi) is 6.41. The Labute approximate surface area is 221 Å². The fourth-order valence-corrected chi connectivity index (χ4v) is 5.54. The van der Waals surface area contributed by atoms with Gasteiger partial charge in [0.15, 0.2) is 5.78 Å². The molecule has 38 heavy (non-hydrogen) atoms. The van der Waals surface area contributed by atoms with Crippen molar-refractivity contribution in [3.8, 4) is 22.5 Å². The van der Waals surface area contributed by atoms with Gasteiger partial charge >= 0.3 is 0 Å². The lowest BCUT2D eigenvalue weighted by Gasteiger charge is -2.27. The van der Waals surface area contributed by atoms with Crippen LogP contribution in [0.4, 0.5) is 0 Å². The van der Waals surface area contributed by atoms with Gasteiger partial charge in [-0.1, -0.05) is 48.5 Å². The van der Waals surface area contributed by atoms with Crippen LogP contribution in [-0.2, 0) is 36.0 Å². The van der Waals surface area contributed by atoms with Crippen LogP contribution in [0.15, 0.2) is 60.8 Å². The Bertz CT molecular complexity index is 1500. The van der Waals surface area contributed by atoms with E-state index in [0.717, 1.165) is 53.4 Å². The molecule has 0 spiro atoms. The highest BCUT2D eigenvalue weighted by molar-refractivity contribution is 5.98. The van der Waals surface area contributed by atoms with Gasteiger partial charge in [0.1, 0.15) is 5.82 Å². The summed E-state index contributed by atoms with van der Waals surface area (Å²) < 4.78 is 9.74. The normalized spacial score (nSPS) is 17.0. The molecule has 6 rings (SSSR count). The van der Waals surface area contributed by atoms with Crippen molar-refractivity contribution in [3.63, 3.8) is 0 Å². The van der Waals surface area contributed by atoms with Gasteiger partial charge in [-0.3, -0.25) is 14.3 Å². The van der Waals surface area contributed by atoms with E-state index in [2.05, 4.69) is 9.67 Å². The molecule has 194 valence electrons. The van der Waals surface area contributed by atoms with Crippen LogP contribution in [0.1, 0.15) is 46.8 Å². The van der Waals surface area contributed by atoms with E-state index < -0.39 is 0 Å². The number of nitrogens with zero attached hydrogens (tertiary/aromatic N) is 5. The molecule has 0 bridgehead atoms. The summed E-state index contributed by atoms with van der Waals surface area (Å²) in [5.74, 6) is 0.787. The van der Waals surface area contributed by atoms with E-state index >= 15 is 0 Å². The van der Waals surface area contributed by atoms with Crippen LogP contribution in [0, 0.1) is 0 Å². The van der Waals surface area contributed by atoms with E-state index in [1.54, 1.807) is 6.92 Å². The number of ketones is 1. The number of rotatable bonds is 6. The molecule has 2 aromatic heterocycles. The molecule has 4 aromatic rings. The molecule has 0 N–H and O–H groups in total. The van der Waals surface area contributed by atoms with Gasteiger partial charge in [0.25, 0.3) is 0 Å². The maximum atomic E-state index is 13.4. The number of amides is 1. The van der Waals surface area contributed by atoms with E-state index in [-0.39, 0.29) is 24.2 Å². The minimum Gasteiger partial charge on any atom is -0.379 e. The van der Waals surface area contributed by atoms with Crippen molar-refractivity contribution in [1.29, 1.82) is 0 Å². The van der Waals surface area contributed by atoms with E-state index in [0.29, 0.717) is 25.3 Å². The predicted octanol–water partition coefficient (Wildman–Crippen LogP) is 4.24. The van der Waals surface area contributed by atoms with Gasteiger partial charge < -0.3 is 14.2 Å². The number of fused-ring (bicyclic) bond motifs is 1. The largest absolute Gasteiger partial charge is 0.379 e. The molecule has 2 aliphatic rings. The Hall–Kier alpha value is -4.04. The van der Waals surface area contributed by atoms with E-state index in [1.807, 2.05) is 77.3 Å². The second kappa shape index (κ2) is 10.0. The van der Waals surface area contributed by atoms with Crippen LogP contribution in [0.5, 0.6) is 0 Å². The highest BCUT2D eigenvalue weighted by Crippen LogP contribution is 2.34. The van der Waals surface area contributed by atoms with E-state index in [9.17, 15) is 9.59 Å². The van der Waals surface area contributed by atoms with Crippen LogP contribution in [0.2, 0.25) is 0 Å². The van der Waals surface area contributed by atoms with E-state index in [4.69, 9.17) is 9.84 Å². The zero-order valence-electron chi connectivity index (χ0n) is 21.8. The Morgan fingerprint density at radius 2 is 1.89 bits per heavy atom. The fourth-order valence-electron chi connectivity index (χ4n) is 5.54. The molecule has 8 heteroatoms. The molecule has 1 amide bonds. The van der Waals surface area contributed by atoms with Gasteiger partial charge in [-0.25, -0.2) is 4.98 Å². The topological polar surface area (TPSA) is 82.3 Å². The van der Waals surface area contributed by atoms with Crippen molar-refractivity contribution in [3.05, 3.63) is 83.4 Å². The van der Waals surface area contributed by atoms with Gasteiger partial charge in [0, 0.05) is 62.5 Å². The van der Waals surface area contributed by atoms with Crippen molar-refractivity contribution < 1.29 is 14.3 Å². The van der Waals surface area contributed by atoms with Gasteiger partial charge in [0.05, 0.1) is 36.7 Å². The molecule has 8 nitrogen and oxygen atoms in total. The van der Waals surface area contributed by atoms with E-state index in [1.165, 1.54) is 5.69 Å². The average Bonchev–Trinajstić information content (AvgIpc) is 3.68. The molecule has 4 heterocycles. The Balaban J connectivity index is 1.30. The molecular formula is C30H31N5O3. The summed E-state index contributed by atoms with van der Waals surface area (Å²) in [5.41, 5.74) is 6.64. The fraction of sp³-hybridized carbons (Fsp3) is 0.333. The van der Waals surface area contributed by atoms with Crippen LogP contribution < -0.4 is 0 Å². The molecule has 2 aromatic carbocycles. The highest BCUT2D eigenvalue weighted by atomic mass is 16.5. The number of ether oxygens (including phenoxy) is 1. The molecule has 1 unspecified atom stereocenters. The summed E-state index contributed by atoms with van der Waals surface area (Å²) in [6, 6.07) is 17.9. The molecule has 1 atom stereocenters. The number of carbonyl (C=O) groups is 2. The number of carbonyl (C=O) groups excluding carboxylic acids is 2. The smallest absolute Gasteiger partial charge is 0.219 e. The van der Waals surface area contributed by atoms with Gasteiger partial charge in [-0.2, -0.15) is 5.10 Å². The predicted molar refractivity (Wildman–Crippen MR) is 144 cm³/mol. The van der Waals surface area contributed by atoms with Crippen molar-refractivity contribution in [2.45, 2.75) is 38.8 Å². The van der Waals surface area contributed by atoms with Crippen LogP contribution in [0.25, 0.3) is 22.5 Å². The highest BCUT2D eigenvalue weighted by Gasteiger charge is 2.31. The SMILES string of the molecule is CC(=O)N1CCc2c(c(-c3cccc(C(=O)Cc4ncc(-c5ccccc5)n4C)c3)nn2C2CCOC2)C1. The zero-order chi connectivity index (χ0) is 26.2. The van der Waals surface area contributed by atoms with Crippen LogP contribution in [-0.4, -0.2) is 55.7 Å². The van der Waals surface area contributed by atoms with Crippen LogP contribution >= 0.6 is 0 Å². The van der Waals surface area contributed by atoms with Crippen molar-refractivity contribution in [2.24, 2.45) is 7.05 Å². The number of aromatic nitrogens is 4. The Morgan fingerprint density at radius 3 is 2.66 bits per heavy atom. The number of Topliss-reactive ketones (excluding diaryl/α,β-unsaturated/α-hetero) is 1. The molecule has 1 fully saturated rings. The quantitative estimate of drug-likeness (QED) is 0.363. The summed E-state index contributed by atoms with van der Waals surface area (Å²) in [6.07, 6.45) is 3.72. The summed E-state index contributed by atoms with van der Waals surface area (Å²) in [4.78, 5) is 32.0. The first kappa shape index (κ1) is 24.3.